The summed E-state index contributed by atoms with van der Waals surface area (Å²) in [7, 11) is -3.66. The van der Waals surface area contributed by atoms with Crippen LogP contribution in [-0.4, -0.2) is 23.9 Å². The molecule has 7 heteroatoms. The molecule has 0 saturated carbocycles. The molecular weight excluding hydrogens is 334 g/mol. The van der Waals surface area contributed by atoms with E-state index in [1.54, 1.807) is 0 Å². The summed E-state index contributed by atoms with van der Waals surface area (Å²) in [6.45, 7) is 3.38. The molecule has 0 aliphatic heterocycles. The van der Waals surface area contributed by atoms with Gasteiger partial charge in [-0.15, -0.1) is 0 Å². The number of benzene rings is 2. The van der Waals surface area contributed by atoms with E-state index in [-0.39, 0.29) is 5.75 Å². The van der Waals surface area contributed by atoms with Crippen LogP contribution in [0.3, 0.4) is 0 Å². The lowest BCUT2D eigenvalue weighted by molar-refractivity contribution is 0.479. The van der Waals surface area contributed by atoms with Crippen molar-refractivity contribution in [3.63, 3.8) is 0 Å². The summed E-state index contributed by atoms with van der Waals surface area (Å²) in [6, 6.07) is 15.3. The molecule has 0 aliphatic rings. The van der Waals surface area contributed by atoms with Gasteiger partial charge in [0.1, 0.15) is 11.5 Å². The minimum absolute atomic E-state index is 0.201. The zero-order valence-corrected chi connectivity index (χ0v) is 14.4. The van der Waals surface area contributed by atoms with Gasteiger partial charge in [0.05, 0.1) is 16.6 Å². The second-order valence-electron chi connectivity index (χ2n) is 4.44. The van der Waals surface area contributed by atoms with Gasteiger partial charge in [-0.1, -0.05) is 18.2 Å². The smallest absolute Gasteiger partial charge is 0.264 e. The van der Waals surface area contributed by atoms with Crippen molar-refractivity contribution < 1.29 is 17.7 Å². The van der Waals surface area contributed by atoms with E-state index in [1.165, 1.54) is 6.92 Å². The molecule has 0 aliphatic carbocycles. The van der Waals surface area contributed by atoms with Crippen LogP contribution in [-0.2, 0) is 10.1 Å². The van der Waals surface area contributed by atoms with Crippen LogP contribution >= 0.6 is 12.2 Å². The van der Waals surface area contributed by atoms with Gasteiger partial charge < -0.3 is 4.74 Å². The van der Waals surface area contributed by atoms with Gasteiger partial charge in [0.15, 0.2) is 0 Å². The summed E-state index contributed by atoms with van der Waals surface area (Å²) in [6.07, 6.45) is 0. The van der Waals surface area contributed by atoms with Crippen molar-refractivity contribution in [1.29, 1.82) is 0 Å². The number of nitrogens with zero attached hydrogens (tertiary/aromatic N) is 1. The lowest BCUT2D eigenvalue weighted by Crippen LogP contribution is -1.97. The van der Waals surface area contributed by atoms with Gasteiger partial charge in [0.2, 0.25) is 0 Å². The van der Waals surface area contributed by atoms with Crippen molar-refractivity contribution in [2.45, 2.75) is 13.8 Å². The maximum Gasteiger partial charge on any atom is 0.264 e. The number of thiocarbonyl (C=S) groups is 1. The van der Waals surface area contributed by atoms with Crippen molar-refractivity contribution >= 4 is 33.2 Å². The quantitative estimate of drug-likeness (QED) is 0.501. The molecule has 2 rings (SSSR count). The average molecular weight is 351 g/mol. The SMILES string of the molecule is CCS(=O)(=O)O.Cc1ccccc1Oc1ccc(N=C=S)cc1. The third kappa shape index (κ3) is 7.67. The molecule has 0 saturated heterocycles. The Labute approximate surface area is 141 Å². The average Bonchev–Trinajstić information content (AvgIpc) is 2.52. The Balaban J connectivity index is 0.000000379. The maximum absolute atomic E-state index is 9.56. The summed E-state index contributed by atoms with van der Waals surface area (Å²) >= 11 is 4.54. The van der Waals surface area contributed by atoms with Crippen molar-refractivity contribution in [2.75, 3.05) is 5.75 Å². The molecule has 0 atom stereocenters. The van der Waals surface area contributed by atoms with Crippen LogP contribution in [0.1, 0.15) is 12.5 Å². The third-order valence-corrected chi connectivity index (χ3v) is 3.52. The Morgan fingerprint density at radius 1 is 1.17 bits per heavy atom. The van der Waals surface area contributed by atoms with Crippen molar-refractivity contribution in [3.8, 4) is 11.5 Å². The summed E-state index contributed by atoms with van der Waals surface area (Å²) in [5.41, 5.74) is 1.88. The molecule has 23 heavy (non-hydrogen) atoms. The van der Waals surface area contributed by atoms with E-state index in [0.717, 1.165) is 22.7 Å². The van der Waals surface area contributed by atoms with Crippen molar-refractivity contribution in [1.82, 2.24) is 0 Å². The van der Waals surface area contributed by atoms with Crippen LogP contribution in [0, 0.1) is 6.92 Å². The zero-order chi connectivity index (χ0) is 17.3. The van der Waals surface area contributed by atoms with Gasteiger partial charge in [-0.25, -0.2) is 0 Å². The second kappa shape index (κ2) is 9.17. The number of hydrogen-bond donors (Lipinski definition) is 1. The van der Waals surface area contributed by atoms with Crippen LogP contribution in [0.4, 0.5) is 5.69 Å². The van der Waals surface area contributed by atoms with Gasteiger partial charge in [-0.3, -0.25) is 4.55 Å². The van der Waals surface area contributed by atoms with E-state index >= 15 is 0 Å². The first kappa shape index (κ1) is 19.0. The molecule has 0 amide bonds. The van der Waals surface area contributed by atoms with Crippen LogP contribution in [0.2, 0.25) is 0 Å². The lowest BCUT2D eigenvalue weighted by atomic mass is 10.2. The van der Waals surface area contributed by atoms with E-state index in [4.69, 9.17) is 9.29 Å². The molecular formula is C16H17NO4S2. The molecule has 1 N–H and O–H groups in total. The highest BCUT2D eigenvalue weighted by molar-refractivity contribution is 7.85. The van der Waals surface area contributed by atoms with Crippen molar-refractivity contribution in [3.05, 3.63) is 54.1 Å². The lowest BCUT2D eigenvalue weighted by Gasteiger charge is -2.07. The Kier molecular flexibility index (Phi) is 7.57. The highest BCUT2D eigenvalue weighted by Crippen LogP contribution is 2.26. The molecule has 0 fully saturated rings. The van der Waals surface area contributed by atoms with Gasteiger partial charge in [-0.05, 0) is 62.0 Å². The molecule has 0 spiro atoms. The number of aliphatic imine (C=N–C) groups is 1. The summed E-state index contributed by atoms with van der Waals surface area (Å²) < 4.78 is 32.7. The minimum Gasteiger partial charge on any atom is -0.457 e. The second-order valence-corrected chi connectivity index (χ2v) is 6.36. The molecule has 2 aromatic carbocycles. The normalized spacial score (nSPS) is 10.0. The molecule has 2 aromatic rings. The number of ether oxygens (including phenoxy) is 1. The van der Waals surface area contributed by atoms with E-state index in [1.807, 2.05) is 55.5 Å². The number of para-hydroxylation sites is 1. The van der Waals surface area contributed by atoms with Gasteiger partial charge in [0.25, 0.3) is 10.1 Å². The molecule has 0 aromatic heterocycles. The van der Waals surface area contributed by atoms with E-state index < -0.39 is 10.1 Å². The Hall–Kier alpha value is -2.05. The van der Waals surface area contributed by atoms with Gasteiger partial charge in [0, 0.05) is 0 Å². The highest BCUT2D eigenvalue weighted by atomic mass is 32.2. The Morgan fingerprint density at radius 2 is 1.74 bits per heavy atom. The topological polar surface area (TPSA) is 76.0 Å². The molecule has 122 valence electrons. The predicted molar refractivity (Wildman–Crippen MR) is 94.5 cm³/mol. The standard InChI is InChI=1S/C14H11NOS.C2H6O3S/c1-11-4-2-3-5-14(11)16-13-8-6-12(7-9-13)15-10-17;1-2-6(3,4)5/h2-9H,1H3;2H2,1H3,(H,3,4,5). The fourth-order valence-corrected chi connectivity index (χ4v) is 1.54. The number of hydrogen-bond acceptors (Lipinski definition) is 5. The first-order chi connectivity index (χ1) is 10.9. The zero-order valence-electron chi connectivity index (χ0n) is 12.8. The van der Waals surface area contributed by atoms with Crippen LogP contribution < -0.4 is 4.74 Å². The van der Waals surface area contributed by atoms with Crippen LogP contribution in [0.15, 0.2) is 53.5 Å². The van der Waals surface area contributed by atoms with Gasteiger partial charge in [-0.2, -0.15) is 13.4 Å². The third-order valence-electron chi connectivity index (χ3n) is 2.70. The fourth-order valence-electron chi connectivity index (χ4n) is 1.44. The molecule has 5 nitrogen and oxygen atoms in total. The van der Waals surface area contributed by atoms with Crippen LogP contribution in [0.25, 0.3) is 0 Å². The predicted octanol–water partition coefficient (Wildman–Crippen LogP) is 4.42. The largest absolute Gasteiger partial charge is 0.457 e. The van der Waals surface area contributed by atoms with E-state index in [0.29, 0.717) is 0 Å². The molecule has 0 heterocycles. The van der Waals surface area contributed by atoms with Crippen molar-refractivity contribution in [2.24, 2.45) is 4.99 Å². The van der Waals surface area contributed by atoms with E-state index in [9.17, 15) is 8.42 Å². The first-order valence-electron chi connectivity index (χ1n) is 6.72. The number of aryl methyl sites for hydroxylation is 1. The minimum atomic E-state index is -3.66. The van der Waals surface area contributed by atoms with Crippen LogP contribution in [0.5, 0.6) is 11.5 Å². The maximum atomic E-state index is 9.56. The monoisotopic (exact) mass is 351 g/mol. The summed E-state index contributed by atoms with van der Waals surface area (Å²) in [5.74, 6) is 1.44. The number of isothiocyanates is 1. The van der Waals surface area contributed by atoms with Gasteiger partial charge >= 0.3 is 0 Å². The molecule has 0 bridgehead atoms. The number of rotatable bonds is 4. The Morgan fingerprint density at radius 3 is 2.22 bits per heavy atom. The fraction of sp³-hybridized carbons (Fsp3) is 0.188. The highest BCUT2D eigenvalue weighted by Gasteiger charge is 2.00. The molecule has 0 unspecified atom stereocenters. The summed E-state index contributed by atoms with van der Waals surface area (Å²) in [5, 5.41) is 2.33. The summed E-state index contributed by atoms with van der Waals surface area (Å²) in [4.78, 5) is 3.88. The first-order valence-corrected chi connectivity index (χ1v) is 8.74. The molecule has 0 radical (unpaired) electrons. The Bertz CT molecular complexity index is 780. The van der Waals surface area contributed by atoms with E-state index in [2.05, 4.69) is 22.4 Å².